The van der Waals surface area contributed by atoms with Gasteiger partial charge in [0.2, 0.25) is 5.91 Å². The molecule has 0 bridgehead atoms. The molecule has 1 N–H and O–H groups in total. The smallest absolute Gasteiger partial charge is 0.391 e. The molecule has 6 rings (SSSR count). The number of ether oxygens (including phenoxy) is 1. The molecule has 0 unspecified atom stereocenters. The maximum atomic E-state index is 14.0. The molecule has 3 aromatic heterocycles. The molecule has 0 atom stereocenters. The summed E-state index contributed by atoms with van der Waals surface area (Å²) >= 11 is 1.08. The molecule has 0 spiro atoms. The van der Waals surface area contributed by atoms with E-state index in [4.69, 9.17) is 9.15 Å². The molecular formula is C31H29F3N2O5S. The zero-order chi connectivity index (χ0) is 29.4. The number of hydrogen-bond acceptors (Lipinski definition) is 6. The van der Waals surface area contributed by atoms with E-state index in [0.29, 0.717) is 48.0 Å². The topological polar surface area (TPSA) is 92.9 Å². The summed E-state index contributed by atoms with van der Waals surface area (Å²) in [5.74, 6) is -2.79. The molecule has 1 aromatic carbocycles. The van der Waals surface area contributed by atoms with Crippen LogP contribution in [0.25, 0.3) is 32.9 Å². The highest BCUT2D eigenvalue weighted by atomic mass is 32.1. The number of carboxylic acid groups (broad SMARTS) is 1. The van der Waals surface area contributed by atoms with Crippen molar-refractivity contribution in [2.24, 2.45) is 11.8 Å². The number of carbonyl (C=O) groups excluding carboxylic acids is 1. The van der Waals surface area contributed by atoms with Crippen molar-refractivity contribution in [3.8, 4) is 21.8 Å². The summed E-state index contributed by atoms with van der Waals surface area (Å²) in [6, 6.07) is 14.4. The van der Waals surface area contributed by atoms with Crippen LogP contribution in [0.1, 0.15) is 48.2 Å². The van der Waals surface area contributed by atoms with Crippen molar-refractivity contribution in [3.05, 3.63) is 59.6 Å². The predicted molar refractivity (Wildman–Crippen MR) is 153 cm³/mol. The Bertz CT molecular complexity index is 1550. The number of halogens is 3. The highest BCUT2D eigenvalue weighted by Gasteiger charge is 2.44. The van der Waals surface area contributed by atoms with Crippen molar-refractivity contribution in [3.63, 3.8) is 0 Å². The van der Waals surface area contributed by atoms with Gasteiger partial charge in [0.05, 0.1) is 11.6 Å². The first-order valence-electron chi connectivity index (χ1n) is 14.0. The van der Waals surface area contributed by atoms with Crippen LogP contribution in [0.5, 0.6) is 0 Å². The number of benzene rings is 1. The first kappa shape index (κ1) is 28.4. The molecular weight excluding hydrogens is 569 g/mol. The number of nitrogens with zero attached hydrogens (tertiary/aromatic N) is 2. The predicted octanol–water partition coefficient (Wildman–Crippen LogP) is 7.80. The lowest BCUT2D eigenvalue weighted by molar-refractivity contribution is -0.184. The Morgan fingerprint density at radius 3 is 2.29 bits per heavy atom. The van der Waals surface area contributed by atoms with Gasteiger partial charge in [0.25, 0.3) is 0 Å². The molecule has 1 amide bonds. The molecule has 220 valence electrons. The van der Waals surface area contributed by atoms with Crippen LogP contribution < -0.4 is 4.90 Å². The van der Waals surface area contributed by atoms with Gasteiger partial charge in [0.1, 0.15) is 16.2 Å². The third kappa shape index (κ3) is 5.67. The largest absolute Gasteiger partial charge is 0.477 e. The zero-order valence-corrected chi connectivity index (χ0v) is 23.4. The van der Waals surface area contributed by atoms with E-state index in [1.807, 2.05) is 36.4 Å². The molecule has 1 saturated heterocycles. The lowest BCUT2D eigenvalue weighted by atomic mass is 9.80. The summed E-state index contributed by atoms with van der Waals surface area (Å²) in [6.45, 7) is 0.848. The second-order valence-corrected chi connectivity index (χ2v) is 11.9. The fourth-order valence-corrected chi connectivity index (χ4v) is 6.96. The van der Waals surface area contributed by atoms with E-state index in [0.717, 1.165) is 28.0 Å². The molecule has 11 heteroatoms. The van der Waals surface area contributed by atoms with Crippen LogP contribution >= 0.6 is 11.3 Å². The average Bonchev–Trinajstić information content (AvgIpc) is 3.63. The maximum absolute atomic E-state index is 14.0. The minimum absolute atomic E-state index is 0.0289. The Hall–Kier alpha value is -3.70. The number of carboxylic acids is 1. The van der Waals surface area contributed by atoms with Crippen molar-refractivity contribution in [1.82, 2.24) is 4.98 Å². The summed E-state index contributed by atoms with van der Waals surface area (Å²) in [5, 5.41) is 10.2. The molecule has 7 nitrogen and oxygen atoms in total. The number of hydrogen-bond donors (Lipinski definition) is 1. The maximum Gasteiger partial charge on any atom is 0.391 e. The van der Waals surface area contributed by atoms with Crippen LogP contribution in [0, 0.1) is 11.8 Å². The van der Waals surface area contributed by atoms with Crippen molar-refractivity contribution in [2.45, 2.75) is 50.7 Å². The second-order valence-electron chi connectivity index (χ2n) is 10.8. The molecule has 2 aliphatic rings. The van der Waals surface area contributed by atoms with Gasteiger partial charge in [-0.25, -0.2) is 4.79 Å². The molecule has 42 heavy (non-hydrogen) atoms. The van der Waals surface area contributed by atoms with E-state index in [1.165, 1.54) is 0 Å². The Kier molecular flexibility index (Phi) is 7.80. The molecule has 4 heterocycles. The van der Waals surface area contributed by atoms with Crippen molar-refractivity contribution in [1.29, 1.82) is 0 Å². The Morgan fingerprint density at radius 1 is 0.952 bits per heavy atom. The van der Waals surface area contributed by atoms with Crippen LogP contribution in [-0.4, -0.2) is 47.4 Å². The number of amides is 1. The average molecular weight is 599 g/mol. The number of carbonyl (C=O) groups is 2. The first-order valence-corrected chi connectivity index (χ1v) is 14.8. The minimum Gasteiger partial charge on any atom is -0.477 e. The van der Waals surface area contributed by atoms with Gasteiger partial charge in [-0.2, -0.15) is 13.2 Å². The summed E-state index contributed by atoms with van der Waals surface area (Å²) in [5.41, 5.74) is 3.33. The zero-order valence-electron chi connectivity index (χ0n) is 22.6. The van der Waals surface area contributed by atoms with Crippen LogP contribution in [-0.2, 0) is 9.53 Å². The van der Waals surface area contributed by atoms with Gasteiger partial charge >= 0.3 is 12.1 Å². The van der Waals surface area contributed by atoms with Gasteiger partial charge in [0.15, 0.2) is 5.58 Å². The summed E-state index contributed by atoms with van der Waals surface area (Å²) in [4.78, 5) is 32.9. The van der Waals surface area contributed by atoms with E-state index in [9.17, 15) is 27.9 Å². The number of fused-ring (bicyclic) bond motifs is 1. The molecule has 4 aromatic rings. The van der Waals surface area contributed by atoms with Crippen LogP contribution in [0.15, 0.2) is 59.1 Å². The number of rotatable bonds is 6. The van der Waals surface area contributed by atoms with Crippen molar-refractivity contribution < 1.29 is 37.0 Å². The summed E-state index contributed by atoms with van der Waals surface area (Å²) in [7, 11) is 0. The second kappa shape index (κ2) is 11.5. The first-order chi connectivity index (χ1) is 20.2. The number of furan rings is 1. The quantitative estimate of drug-likeness (QED) is 0.243. The molecule has 1 saturated carbocycles. The van der Waals surface area contributed by atoms with E-state index < -0.39 is 24.0 Å². The number of thiophene rings is 1. The fraction of sp³-hybridized carbons (Fsp3) is 0.387. The summed E-state index contributed by atoms with van der Waals surface area (Å²) in [6.07, 6.45) is -1.48. The number of pyridine rings is 1. The molecule has 1 aliphatic heterocycles. The molecule has 0 radical (unpaired) electrons. The van der Waals surface area contributed by atoms with Crippen LogP contribution in [0.2, 0.25) is 0 Å². The van der Waals surface area contributed by atoms with Crippen molar-refractivity contribution in [2.75, 3.05) is 18.1 Å². The Labute approximate surface area is 243 Å². The van der Waals surface area contributed by atoms with Gasteiger partial charge in [-0.1, -0.05) is 24.3 Å². The van der Waals surface area contributed by atoms with Gasteiger partial charge in [-0.15, -0.1) is 11.3 Å². The Morgan fingerprint density at radius 2 is 1.64 bits per heavy atom. The standard InChI is InChI=1S/C31H29F3N2O5S/c32-31(33,34)21-9-7-20(8-10-21)29(37)36(22-11-14-40-15-12-22)24-17-27(42-28(24)30(38)39)19-5-3-18(4-6-19)26-16-23-25(41-26)2-1-13-35-23/h1-6,13,16-17,20-22H,7-12,14-15H2,(H,38,39). The Balaban J connectivity index is 1.31. The van der Waals surface area contributed by atoms with Gasteiger partial charge in [-0.3, -0.25) is 9.78 Å². The number of anilines is 1. The van der Waals surface area contributed by atoms with Gasteiger partial charge in [0, 0.05) is 47.9 Å². The van der Waals surface area contributed by atoms with E-state index in [-0.39, 0.29) is 42.5 Å². The lowest BCUT2D eigenvalue weighted by Gasteiger charge is -2.38. The van der Waals surface area contributed by atoms with Crippen molar-refractivity contribution >= 4 is 40.0 Å². The van der Waals surface area contributed by atoms with Gasteiger partial charge < -0.3 is 19.2 Å². The third-order valence-electron chi connectivity index (χ3n) is 8.24. The number of aromatic nitrogens is 1. The van der Waals surface area contributed by atoms with E-state index in [1.54, 1.807) is 23.2 Å². The monoisotopic (exact) mass is 598 g/mol. The SMILES string of the molecule is O=C(O)c1sc(-c2ccc(-c3cc4ncccc4o3)cc2)cc1N(C(=O)C1CCC(C(F)(F)F)CC1)C1CCOCC1. The lowest BCUT2D eigenvalue weighted by Crippen LogP contribution is -2.47. The number of aromatic carboxylic acids is 1. The van der Waals surface area contributed by atoms with Gasteiger partial charge in [-0.05, 0) is 62.3 Å². The minimum atomic E-state index is -4.27. The number of alkyl halides is 3. The van der Waals surface area contributed by atoms with Crippen LogP contribution in [0.3, 0.4) is 0 Å². The summed E-state index contributed by atoms with van der Waals surface area (Å²) < 4.78 is 51.2. The molecule has 1 aliphatic carbocycles. The highest BCUT2D eigenvalue weighted by Crippen LogP contribution is 2.43. The fourth-order valence-electron chi connectivity index (χ4n) is 5.97. The van der Waals surface area contributed by atoms with E-state index in [2.05, 4.69) is 4.98 Å². The third-order valence-corrected chi connectivity index (χ3v) is 9.40. The highest BCUT2D eigenvalue weighted by molar-refractivity contribution is 7.18. The van der Waals surface area contributed by atoms with Crippen LogP contribution in [0.4, 0.5) is 18.9 Å². The molecule has 2 fully saturated rings. The van der Waals surface area contributed by atoms with E-state index >= 15 is 0 Å². The normalized spacial score (nSPS) is 20.1.